The molecule has 0 spiro atoms. The minimum Gasteiger partial charge on any atom is -0.467 e. The van der Waals surface area contributed by atoms with Gasteiger partial charge in [-0.3, -0.25) is 4.79 Å². The molecule has 1 N–H and O–H groups in total. The quantitative estimate of drug-likeness (QED) is 0.858. The number of hydrogen-bond acceptors (Lipinski definition) is 2. The number of rotatable bonds is 4. The van der Waals surface area contributed by atoms with Gasteiger partial charge in [-0.25, -0.2) is 0 Å². The van der Waals surface area contributed by atoms with Crippen molar-refractivity contribution in [2.75, 3.05) is 0 Å². The summed E-state index contributed by atoms with van der Waals surface area (Å²) >= 11 is 5.74. The summed E-state index contributed by atoms with van der Waals surface area (Å²) in [6, 6.07) is 10.7. The van der Waals surface area contributed by atoms with Crippen LogP contribution in [-0.2, 0) is 5.88 Å². The number of benzene rings is 1. The van der Waals surface area contributed by atoms with Crippen molar-refractivity contribution in [2.24, 2.45) is 0 Å². The highest BCUT2D eigenvalue weighted by Crippen LogP contribution is 2.14. The summed E-state index contributed by atoms with van der Waals surface area (Å²) in [6.07, 6.45) is 1.59. The Kier molecular flexibility index (Phi) is 4.05. The zero-order chi connectivity index (χ0) is 13.0. The molecule has 0 aliphatic rings. The van der Waals surface area contributed by atoms with Crippen LogP contribution in [0.5, 0.6) is 0 Å². The van der Waals surface area contributed by atoms with Gasteiger partial charge >= 0.3 is 0 Å². The van der Waals surface area contributed by atoms with E-state index in [0.29, 0.717) is 11.4 Å². The van der Waals surface area contributed by atoms with Gasteiger partial charge in [0, 0.05) is 11.4 Å². The first-order valence-electron chi connectivity index (χ1n) is 5.70. The molecule has 1 amide bonds. The van der Waals surface area contributed by atoms with Crippen molar-refractivity contribution in [3.8, 4) is 0 Å². The molecule has 18 heavy (non-hydrogen) atoms. The number of halogens is 1. The first-order chi connectivity index (χ1) is 8.70. The van der Waals surface area contributed by atoms with E-state index in [9.17, 15) is 4.79 Å². The van der Waals surface area contributed by atoms with Gasteiger partial charge in [0.2, 0.25) is 0 Å². The van der Waals surface area contributed by atoms with Gasteiger partial charge in [-0.05, 0) is 36.8 Å². The Morgan fingerprint density at radius 2 is 2.22 bits per heavy atom. The van der Waals surface area contributed by atoms with E-state index < -0.39 is 0 Å². The van der Waals surface area contributed by atoms with E-state index in [0.717, 1.165) is 11.3 Å². The van der Waals surface area contributed by atoms with Gasteiger partial charge in [0.05, 0.1) is 12.3 Å². The zero-order valence-corrected chi connectivity index (χ0v) is 10.8. The average molecular weight is 264 g/mol. The fourth-order valence-corrected chi connectivity index (χ4v) is 1.85. The number of hydrogen-bond donors (Lipinski definition) is 1. The monoisotopic (exact) mass is 263 g/mol. The van der Waals surface area contributed by atoms with Crippen LogP contribution in [0.25, 0.3) is 0 Å². The van der Waals surface area contributed by atoms with E-state index in [1.54, 1.807) is 24.5 Å². The minimum absolute atomic E-state index is 0.133. The highest BCUT2D eigenvalue weighted by atomic mass is 35.5. The van der Waals surface area contributed by atoms with E-state index in [1.165, 1.54) is 0 Å². The van der Waals surface area contributed by atoms with E-state index in [2.05, 4.69) is 5.32 Å². The van der Waals surface area contributed by atoms with Crippen LogP contribution in [0, 0.1) is 0 Å². The Morgan fingerprint density at radius 3 is 2.89 bits per heavy atom. The highest BCUT2D eigenvalue weighted by Gasteiger charge is 2.13. The fraction of sp³-hybridized carbons (Fsp3) is 0.214. The van der Waals surface area contributed by atoms with Crippen molar-refractivity contribution in [2.45, 2.75) is 18.8 Å². The topological polar surface area (TPSA) is 42.2 Å². The summed E-state index contributed by atoms with van der Waals surface area (Å²) in [5.74, 6) is 0.997. The molecular formula is C14H14ClNO2. The van der Waals surface area contributed by atoms with Crippen LogP contribution in [0.15, 0.2) is 47.1 Å². The van der Waals surface area contributed by atoms with Gasteiger partial charge in [0.1, 0.15) is 5.76 Å². The second-order valence-corrected chi connectivity index (χ2v) is 4.31. The van der Waals surface area contributed by atoms with Crippen LogP contribution in [0.3, 0.4) is 0 Å². The van der Waals surface area contributed by atoms with E-state index >= 15 is 0 Å². The summed E-state index contributed by atoms with van der Waals surface area (Å²) in [5, 5.41) is 2.87. The molecule has 0 saturated heterocycles. The average Bonchev–Trinajstić information content (AvgIpc) is 2.92. The SMILES string of the molecule is CC(NC(=O)c1cccc(CCl)c1)c1ccco1. The third-order valence-electron chi connectivity index (χ3n) is 2.66. The second kappa shape index (κ2) is 5.74. The van der Waals surface area contributed by atoms with Gasteiger partial charge in [-0.2, -0.15) is 0 Å². The first-order valence-corrected chi connectivity index (χ1v) is 6.23. The lowest BCUT2D eigenvalue weighted by Gasteiger charge is -2.11. The molecule has 0 aliphatic heterocycles. The Balaban J connectivity index is 2.07. The molecule has 0 saturated carbocycles. The summed E-state index contributed by atoms with van der Waals surface area (Å²) in [4.78, 5) is 12.0. The molecule has 2 aromatic rings. The smallest absolute Gasteiger partial charge is 0.251 e. The molecule has 1 unspecified atom stereocenters. The van der Waals surface area contributed by atoms with Crippen molar-refractivity contribution >= 4 is 17.5 Å². The second-order valence-electron chi connectivity index (χ2n) is 4.04. The normalized spacial score (nSPS) is 12.1. The van der Waals surface area contributed by atoms with Crippen LogP contribution in [0.2, 0.25) is 0 Å². The van der Waals surface area contributed by atoms with E-state index in [4.69, 9.17) is 16.0 Å². The lowest BCUT2D eigenvalue weighted by Crippen LogP contribution is -2.26. The molecule has 2 rings (SSSR count). The van der Waals surface area contributed by atoms with Crippen molar-refractivity contribution in [3.63, 3.8) is 0 Å². The molecule has 0 fully saturated rings. The van der Waals surface area contributed by atoms with Crippen molar-refractivity contribution in [1.29, 1.82) is 0 Å². The van der Waals surface area contributed by atoms with Crippen LogP contribution in [-0.4, -0.2) is 5.91 Å². The molecule has 1 aromatic heterocycles. The number of nitrogens with one attached hydrogen (secondary N) is 1. The summed E-state index contributed by atoms with van der Waals surface area (Å²) < 4.78 is 5.24. The lowest BCUT2D eigenvalue weighted by atomic mass is 10.1. The number of carbonyl (C=O) groups is 1. The molecule has 94 valence electrons. The minimum atomic E-state index is -0.160. The van der Waals surface area contributed by atoms with Crippen LogP contribution in [0.4, 0.5) is 0 Å². The maximum Gasteiger partial charge on any atom is 0.251 e. The summed E-state index contributed by atoms with van der Waals surface area (Å²) in [5.41, 5.74) is 1.53. The number of alkyl halides is 1. The third kappa shape index (κ3) is 2.93. The maximum atomic E-state index is 12.0. The van der Waals surface area contributed by atoms with Gasteiger partial charge < -0.3 is 9.73 Å². The molecule has 1 aromatic carbocycles. The van der Waals surface area contributed by atoms with Gasteiger partial charge in [-0.1, -0.05) is 12.1 Å². The molecule has 0 aliphatic carbocycles. The molecule has 0 radical (unpaired) electrons. The standard InChI is InChI=1S/C14H14ClNO2/c1-10(13-6-3-7-18-13)16-14(17)12-5-2-4-11(8-12)9-15/h2-8,10H,9H2,1H3,(H,16,17). The van der Waals surface area contributed by atoms with Crippen LogP contribution in [0.1, 0.15) is 34.6 Å². The van der Waals surface area contributed by atoms with Gasteiger partial charge in [-0.15, -0.1) is 11.6 Å². The van der Waals surface area contributed by atoms with Crippen molar-refractivity contribution in [1.82, 2.24) is 5.32 Å². The largest absolute Gasteiger partial charge is 0.467 e. The highest BCUT2D eigenvalue weighted by molar-refractivity contribution is 6.17. The number of amides is 1. The Hall–Kier alpha value is -1.74. The lowest BCUT2D eigenvalue weighted by molar-refractivity contribution is 0.0935. The van der Waals surface area contributed by atoms with Gasteiger partial charge in [0.25, 0.3) is 5.91 Å². The molecule has 1 atom stereocenters. The third-order valence-corrected chi connectivity index (χ3v) is 2.97. The summed E-state index contributed by atoms with van der Waals surface area (Å²) in [6.45, 7) is 1.88. The van der Waals surface area contributed by atoms with Crippen molar-refractivity contribution in [3.05, 3.63) is 59.5 Å². The van der Waals surface area contributed by atoms with Crippen LogP contribution < -0.4 is 5.32 Å². The molecular weight excluding hydrogens is 250 g/mol. The predicted octanol–water partition coefficient (Wildman–Crippen LogP) is 3.51. The van der Waals surface area contributed by atoms with Crippen LogP contribution >= 0.6 is 11.6 Å². The maximum absolute atomic E-state index is 12.0. The van der Waals surface area contributed by atoms with Crippen molar-refractivity contribution < 1.29 is 9.21 Å². The summed E-state index contributed by atoms with van der Waals surface area (Å²) in [7, 11) is 0. The molecule has 3 nitrogen and oxygen atoms in total. The predicted molar refractivity (Wildman–Crippen MR) is 70.6 cm³/mol. The number of furan rings is 1. The fourth-order valence-electron chi connectivity index (χ4n) is 1.68. The number of carbonyl (C=O) groups excluding carboxylic acids is 1. The zero-order valence-electron chi connectivity index (χ0n) is 10.0. The van der Waals surface area contributed by atoms with Gasteiger partial charge in [0.15, 0.2) is 0 Å². The Bertz CT molecular complexity index is 522. The molecule has 0 bridgehead atoms. The Labute approximate surface area is 111 Å². The van der Waals surface area contributed by atoms with E-state index in [1.807, 2.05) is 25.1 Å². The Morgan fingerprint density at radius 1 is 1.39 bits per heavy atom. The first kappa shape index (κ1) is 12.7. The molecule has 4 heteroatoms. The van der Waals surface area contributed by atoms with E-state index in [-0.39, 0.29) is 11.9 Å². The molecule has 1 heterocycles.